The number of methoxy groups -OCH3 is 1. The van der Waals surface area contributed by atoms with Crippen LogP contribution >= 0.6 is 11.3 Å². The zero-order valence-corrected chi connectivity index (χ0v) is 12.6. The molecular weight excluding hydrogens is 290 g/mol. The molecule has 1 aliphatic rings. The lowest BCUT2D eigenvalue weighted by atomic mass is 10.0. The average Bonchev–Trinajstić information content (AvgIpc) is 3.07. The van der Waals surface area contributed by atoms with Crippen molar-refractivity contribution in [3.63, 3.8) is 0 Å². The molecule has 3 rings (SSSR count). The van der Waals surface area contributed by atoms with Gasteiger partial charge in [0.15, 0.2) is 4.96 Å². The van der Waals surface area contributed by atoms with Crippen molar-refractivity contribution in [1.29, 1.82) is 0 Å². The van der Waals surface area contributed by atoms with Gasteiger partial charge in [-0.3, -0.25) is 9.20 Å². The molecular formula is C14H17N3O3S. The molecule has 0 spiro atoms. The number of aromatic nitrogens is 2. The lowest BCUT2D eigenvalue weighted by molar-refractivity contribution is -0.154. The van der Waals surface area contributed by atoms with Crippen LogP contribution in [0, 0.1) is 0 Å². The van der Waals surface area contributed by atoms with Crippen LogP contribution in [0.1, 0.15) is 25.0 Å². The number of hydrogen-bond acceptors (Lipinski definition) is 5. The Morgan fingerprint density at radius 1 is 1.48 bits per heavy atom. The predicted octanol–water partition coefficient (Wildman–Crippen LogP) is 1.49. The van der Waals surface area contributed by atoms with Crippen LogP contribution < -0.4 is 0 Å². The molecule has 3 heterocycles. The van der Waals surface area contributed by atoms with Crippen LogP contribution in [0.3, 0.4) is 0 Å². The molecule has 0 saturated carbocycles. The molecule has 6 nitrogen and oxygen atoms in total. The van der Waals surface area contributed by atoms with Crippen LogP contribution in [0.15, 0.2) is 17.8 Å². The Hall–Kier alpha value is -1.89. The normalized spacial score (nSPS) is 18.9. The van der Waals surface area contributed by atoms with E-state index in [1.54, 1.807) is 4.90 Å². The van der Waals surface area contributed by atoms with Crippen molar-refractivity contribution in [2.45, 2.75) is 31.7 Å². The van der Waals surface area contributed by atoms with Crippen LogP contribution in [0.4, 0.5) is 0 Å². The van der Waals surface area contributed by atoms with E-state index in [0.717, 1.165) is 23.5 Å². The predicted molar refractivity (Wildman–Crippen MR) is 78.1 cm³/mol. The maximum Gasteiger partial charge on any atom is 0.328 e. The topological polar surface area (TPSA) is 63.9 Å². The van der Waals surface area contributed by atoms with Gasteiger partial charge in [0, 0.05) is 24.3 Å². The first-order chi connectivity index (χ1) is 10.2. The minimum atomic E-state index is -0.444. The number of carbonyl (C=O) groups is 2. The zero-order chi connectivity index (χ0) is 14.8. The SMILES string of the molecule is COC(=O)C1CCCCN1C(=O)Cc1cn2ccsc2n1. The third-order valence-corrected chi connectivity index (χ3v) is 4.54. The summed E-state index contributed by atoms with van der Waals surface area (Å²) in [5.41, 5.74) is 0.737. The van der Waals surface area contributed by atoms with E-state index >= 15 is 0 Å². The first-order valence-corrected chi connectivity index (χ1v) is 7.85. The van der Waals surface area contributed by atoms with E-state index in [2.05, 4.69) is 4.98 Å². The van der Waals surface area contributed by atoms with E-state index in [0.29, 0.717) is 13.0 Å². The number of amides is 1. The number of fused-ring (bicyclic) bond motifs is 1. The molecule has 1 saturated heterocycles. The van der Waals surface area contributed by atoms with E-state index in [4.69, 9.17) is 4.74 Å². The van der Waals surface area contributed by atoms with Crippen LogP contribution in [0.2, 0.25) is 0 Å². The highest BCUT2D eigenvalue weighted by Crippen LogP contribution is 2.20. The highest BCUT2D eigenvalue weighted by molar-refractivity contribution is 7.15. The number of rotatable bonds is 3. The molecule has 0 bridgehead atoms. The van der Waals surface area contributed by atoms with Crippen LogP contribution in [0.25, 0.3) is 4.96 Å². The summed E-state index contributed by atoms with van der Waals surface area (Å²) < 4.78 is 6.71. The fourth-order valence-corrected chi connectivity index (χ4v) is 3.45. The van der Waals surface area contributed by atoms with Crippen LogP contribution in [-0.4, -0.2) is 45.9 Å². The number of hydrogen-bond donors (Lipinski definition) is 0. The van der Waals surface area contributed by atoms with E-state index in [-0.39, 0.29) is 18.3 Å². The molecule has 0 aliphatic carbocycles. The molecule has 21 heavy (non-hydrogen) atoms. The molecule has 2 aromatic rings. The second-order valence-corrected chi connectivity index (χ2v) is 6.00. The minimum absolute atomic E-state index is 0.0594. The summed E-state index contributed by atoms with van der Waals surface area (Å²) in [7, 11) is 1.36. The Morgan fingerprint density at radius 3 is 3.10 bits per heavy atom. The van der Waals surface area contributed by atoms with Crippen molar-refractivity contribution in [1.82, 2.24) is 14.3 Å². The summed E-state index contributed by atoms with van der Waals surface area (Å²) in [6, 6.07) is -0.444. The number of thiazole rings is 1. The van der Waals surface area contributed by atoms with Gasteiger partial charge in [0.1, 0.15) is 6.04 Å². The van der Waals surface area contributed by atoms with Gasteiger partial charge in [-0.05, 0) is 19.3 Å². The molecule has 0 radical (unpaired) electrons. The summed E-state index contributed by atoms with van der Waals surface area (Å²) in [6.07, 6.45) is 6.56. The van der Waals surface area contributed by atoms with Gasteiger partial charge in [-0.2, -0.15) is 0 Å². The minimum Gasteiger partial charge on any atom is -0.467 e. The van der Waals surface area contributed by atoms with Crippen LogP contribution in [-0.2, 0) is 20.7 Å². The number of likely N-dealkylation sites (tertiary alicyclic amines) is 1. The molecule has 0 aromatic carbocycles. The van der Waals surface area contributed by atoms with Crippen molar-refractivity contribution >= 4 is 28.2 Å². The number of imidazole rings is 1. The van der Waals surface area contributed by atoms with Crippen molar-refractivity contribution in [2.75, 3.05) is 13.7 Å². The van der Waals surface area contributed by atoms with Crippen LogP contribution in [0.5, 0.6) is 0 Å². The van der Waals surface area contributed by atoms with Gasteiger partial charge >= 0.3 is 5.97 Å². The molecule has 1 aliphatic heterocycles. The maximum absolute atomic E-state index is 12.5. The quantitative estimate of drug-likeness (QED) is 0.806. The van der Waals surface area contributed by atoms with Gasteiger partial charge in [-0.1, -0.05) is 0 Å². The first-order valence-electron chi connectivity index (χ1n) is 6.97. The lowest BCUT2D eigenvalue weighted by Gasteiger charge is -2.33. The smallest absolute Gasteiger partial charge is 0.328 e. The van der Waals surface area contributed by atoms with Crippen molar-refractivity contribution in [3.8, 4) is 0 Å². The largest absolute Gasteiger partial charge is 0.467 e. The van der Waals surface area contributed by atoms with Gasteiger partial charge in [-0.15, -0.1) is 11.3 Å². The second kappa shape index (κ2) is 5.85. The Bertz CT molecular complexity index is 635. The Balaban J connectivity index is 1.73. The second-order valence-electron chi connectivity index (χ2n) is 5.12. The van der Waals surface area contributed by atoms with Gasteiger partial charge in [-0.25, -0.2) is 9.78 Å². The van der Waals surface area contributed by atoms with Crippen molar-refractivity contribution < 1.29 is 14.3 Å². The van der Waals surface area contributed by atoms with Gasteiger partial charge < -0.3 is 9.64 Å². The zero-order valence-electron chi connectivity index (χ0n) is 11.8. The Morgan fingerprint density at radius 2 is 2.33 bits per heavy atom. The fraction of sp³-hybridized carbons (Fsp3) is 0.500. The first kappa shape index (κ1) is 14.1. The third kappa shape index (κ3) is 2.78. The summed E-state index contributed by atoms with van der Waals surface area (Å²) in [6.45, 7) is 0.612. The number of piperidine rings is 1. The van der Waals surface area contributed by atoms with Gasteiger partial charge in [0.2, 0.25) is 5.91 Å². The van der Waals surface area contributed by atoms with E-state index < -0.39 is 6.04 Å². The summed E-state index contributed by atoms with van der Waals surface area (Å²) in [5, 5.41) is 1.95. The molecule has 112 valence electrons. The summed E-state index contributed by atoms with van der Waals surface area (Å²) in [5.74, 6) is -0.385. The number of esters is 1. The molecule has 0 N–H and O–H groups in total. The maximum atomic E-state index is 12.5. The number of nitrogens with zero attached hydrogens (tertiary/aromatic N) is 3. The molecule has 7 heteroatoms. The van der Waals surface area contributed by atoms with E-state index in [9.17, 15) is 9.59 Å². The molecule has 2 aromatic heterocycles. The molecule has 1 fully saturated rings. The lowest BCUT2D eigenvalue weighted by Crippen LogP contribution is -2.49. The fourth-order valence-electron chi connectivity index (χ4n) is 2.73. The number of carbonyl (C=O) groups excluding carboxylic acids is 2. The van der Waals surface area contributed by atoms with Gasteiger partial charge in [0.05, 0.1) is 19.2 Å². The monoisotopic (exact) mass is 307 g/mol. The third-order valence-electron chi connectivity index (χ3n) is 3.77. The van der Waals surface area contributed by atoms with E-state index in [1.807, 2.05) is 22.2 Å². The highest BCUT2D eigenvalue weighted by Gasteiger charge is 2.32. The van der Waals surface area contributed by atoms with Crippen molar-refractivity contribution in [2.24, 2.45) is 0 Å². The number of ether oxygens (including phenoxy) is 1. The average molecular weight is 307 g/mol. The summed E-state index contributed by atoms with van der Waals surface area (Å²) >= 11 is 1.53. The molecule has 1 atom stereocenters. The highest BCUT2D eigenvalue weighted by atomic mass is 32.1. The Kier molecular flexibility index (Phi) is 3.92. The summed E-state index contributed by atoms with van der Waals surface area (Å²) in [4.78, 5) is 31.2. The molecule has 1 unspecified atom stereocenters. The standard InChI is InChI=1S/C14H17N3O3S/c1-20-13(19)11-4-2-3-5-17(11)12(18)8-10-9-16-6-7-21-14(16)15-10/h6-7,9,11H,2-5,8H2,1H3. The Labute approximate surface area is 126 Å². The van der Waals surface area contributed by atoms with Gasteiger partial charge in [0.25, 0.3) is 0 Å². The van der Waals surface area contributed by atoms with Crippen molar-refractivity contribution in [3.05, 3.63) is 23.5 Å². The molecule has 1 amide bonds. The van der Waals surface area contributed by atoms with E-state index in [1.165, 1.54) is 18.4 Å².